The van der Waals surface area contributed by atoms with Crippen LogP contribution in [0.3, 0.4) is 0 Å². The maximum absolute atomic E-state index is 11.6. The summed E-state index contributed by atoms with van der Waals surface area (Å²) in [7, 11) is 0. The zero-order valence-corrected chi connectivity index (χ0v) is 11.4. The van der Waals surface area contributed by atoms with E-state index in [-0.39, 0.29) is 17.9 Å². The third-order valence-electron chi connectivity index (χ3n) is 2.28. The Morgan fingerprint density at radius 1 is 1.37 bits per heavy atom. The van der Waals surface area contributed by atoms with Crippen molar-refractivity contribution in [3.8, 4) is 0 Å². The van der Waals surface area contributed by atoms with Crippen LogP contribution in [-0.4, -0.2) is 22.7 Å². The lowest BCUT2D eigenvalue weighted by Crippen LogP contribution is -2.21. The fourth-order valence-corrected chi connectivity index (χ4v) is 1.58. The Hall–Kier alpha value is -2.17. The molecule has 0 atom stereocenters. The van der Waals surface area contributed by atoms with Gasteiger partial charge in [-0.3, -0.25) is 4.79 Å². The van der Waals surface area contributed by atoms with Gasteiger partial charge in [-0.05, 0) is 19.1 Å². The van der Waals surface area contributed by atoms with E-state index in [0.29, 0.717) is 11.4 Å². The van der Waals surface area contributed by atoms with Crippen LogP contribution in [0, 0.1) is 0 Å². The maximum atomic E-state index is 11.6. The molecular weight excluding hydrogens is 244 g/mol. The van der Waals surface area contributed by atoms with Crippen molar-refractivity contribution in [2.24, 2.45) is 5.10 Å². The lowest BCUT2D eigenvalue weighted by atomic mass is 10.1. The molecule has 2 rings (SSSR count). The van der Waals surface area contributed by atoms with Gasteiger partial charge in [0.25, 0.3) is 5.91 Å². The molecule has 19 heavy (non-hydrogen) atoms. The first-order valence-corrected chi connectivity index (χ1v) is 6.20. The Bertz CT molecular complexity index is 509. The maximum Gasteiger partial charge on any atom is 0.337 e. The molecule has 1 amide bonds. The van der Waals surface area contributed by atoms with E-state index in [1.54, 1.807) is 25.1 Å². The molecule has 1 aliphatic rings. The number of carbonyl (C=O) groups is 2. The van der Waals surface area contributed by atoms with Crippen LogP contribution in [0.1, 0.15) is 44.0 Å². The van der Waals surface area contributed by atoms with E-state index in [9.17, 15) is 9.59 Å². The van der Waals surface area contributed by atoms with E-state index >= 15 is 0 Å². The second-order valence-corrected chi connectivity index (χ2v) is 4.25. The molecule has 0 aliphatic carbocycles. The Morgan fingerprint density at radius 2 is 1.95 bits per heavy atom. The molecule has 0 spiro atoms. The van der Waals surface area contributed by atoms with Crippen molar-refractivity contribution in [2.75, 3.05) is 5.01 Å². The van der Waals surface area contributed by atoms with E-state index < -0.39 is 5.97 Å². The lowest BCUT2D eigenvalue weighted by Gasteiger charge is -2.13. The number of para-hydroxylation sites is 1. The first-order valence-electron chi connectivity index (χ1n) is 6.20. The number of benzene rings is 1. The number of hydrogen-bond donors (Lipinski definition) is 1. The summed E-state index contributed by atoms with van der Waals surface area (Å²) in [6.45, 7) is 5.99. The number of nitrogens with zero attached hydrogens (tertiary/aromatic N) is 2. The number of carboxylic acid groups (broad SMARTS) is 1. The van der Waals surface area contributed by atoms with Crippen molar-refractivity contribution >= 4 is 23.3 Å². The summed E-state index contributed by atoms with van der Waals surface area (Å²) in [4.78, 5) is 22.6. The highest BCUT2D eigenvalue weighted by molar-refractivity contribution is 6.13. The molecule has 5 nitrogen and oxygen atoms in total. The third-order valence-corrected chi connectivity index (χ3v) is 2.28. The van der Waals surface area contributed by atoms with E-state index in [0.717, 1.165) is 5.01 Å². The molecular formula is C14H18N2O3. The van der Waals surface area contributed by atoms with Crippen molar-refractivity contribution in [1.29, 1.82) is 0 Å². The summed E-state index contributed by atoms with van der Waals surface area (Å²) >= 11 is 0. The first-order chi connectivity index (χ1) is 9.01. The van der Waals surface area contributed by atoms with Gasteiger partial charge in [-0.25, -0.2) is 4.79 Å². The number of carbonyl (C=O) groups excluding carboxylic acids is 1. The molecule has 0 saturated carbocycles. The van der Waals surface area contributed by atoms with Crippen molar-refractivity contribution < 1.29 is 14.7 Å². The molecule has 0 bridgehead atoms. The van der Waals surface area contributed by atoms with Crippen LogP contribution in [0.15, 0.2) is 29.4 Å². The molecule has 5 heteroatoms. The Balaban J connectivity index is 0.000000550. The Labute approximate surface area is 112 Å². The van der Waals surface area contributed by atoms with Crippen LogP contribution in [0.5, 0.6) is 0 Å². The molecule has 0 unspecified atom stereocenters. The number of amides is 1. The SMILES string of the molecule is CC1=NN(c2ccccc2C(=O)O)C(=O)C1.CCC. The molecule has 0 radical (unpaired) electrons. The van der Waals surface area contributed by atoms with Crippen LogP contribution < -0.4 is 5.01 Å². The first kappa shape index (κ1) is 14.9. The highest BCUT2D eigenvalue weighted by Gasteiger charge is 2.26. The van der Waals surface area contributed by atoms with Gasteiger partial charge in [0, 0.05) is 5.71 Å². The molecule has 1 aromatic rings. The summed E-state index contributed by atoms with van der Waals surface area (Å²) in [6.07, 6.45) is 1.49. The molecule has 1 heterocycles. The van der Waals surface area contributed by atoms with Crippen LogP contribution in [0.2, 0.25) is 0 Å². The van der Waals surface area contributed by atoms with Gasteiger partial charge < -0.3 is 5.11 Å². The van der Waals surface area contributed by atoms with E-state index in [2.05, 4.69) is 18.9 Å². The Kier molecular flexibility index (Phi) is 5.23. The van der Waals surface area contributed by atoms with Gasteiger partial charge in [0.15, 0.2) is 0 Å². The number of aromatic carboxylic acids is 1. The minimum absolute atomic E-state index is 0.0781. The highest BCUT2D eigenvalue weighted by atomic mass is 16.4. The van der Waals surface area contributed by atoms with Gasteiger partial charge >= 0.3 is 5.97 Å². The Morgan fingerprint density at radius 3 is 2.42 bits per heavy atom. The van der Waals surface area contributed by atoms with Crippen molar-refractivity contribution in [3.63, 3.8) is 0 Å². The predicted octanol–water partition coefficient (Wildman–Crippen LogP) is 2.91. The van der Waals surface area contributed by atoms with Crippen molar-refractivity contribution in [1.82, 2.24) is 0 Å². The van der Waals surface area contributed by atoms with Gasteiger partial charge in [0.2, 0.25) is 0 Å². The molecule has 1 aromatic carbocycles. The van der Waals surface area contributed by atoms with Crippen molar-refractivity contribution in [2.45, 2.75) is 33.6 Å². The monoisotopic (exact) mass is 262 g/mol. The largest absolute Gasteiger partial charge is 0.478 e. The van der Waals surface area contributed by atoms with Gasteiger partial charge in [-0.15, -0.1) is 0 Å². The summed E-state index contributed by atoms with van der Waals surface area (Å²) in [6, 6.07) is 6.32. The summed E-state index contributed by atoms with van der Waals surface area (Å²) < 4.78 is 0. The predicted molar refractivity (Wildman–Crippen MR) is 74.6 cm³/mol. The van der Waals surface area contributed by atoms with Gasteiger partial charge in [-0.1, -0.05) is 32.4 Å². The van der Waals surface area contributed by atoms with Crippen LogP contribution in [-0.2, 0) is 4.79 Å². The van der Waals surface area contributed by atoms with Gasteiger partial charge in [0.05, 0.1) is 17.7 Å². The smallest absolute Gasteiger partial charge is 0.337 e. The van der Waals surface area contributed by atoms with Crippen molar-refractivity contribution in [3.05, 3.63) is 29.8 Å². The topological polar surface area (TPSA) is 70.0 Å². The number of carboxylic acids is 1. The third kappa shape index (κ3) is 3.64. The lowest BCUT2D eigenvalue weighted by molar-refractivity contribution is -0.116. The van der Waals surface area contributed by atoms with Crippen LogP contribution in [0.25, 0.3) is 0 Å². The zero-order valence-electron chi connectivity index (χ0n) is 11.4. The van der Waals surface area contributed by atoms with Crippen LogP contribution >= 0.6 is 0 Å². The van der Waals surface area contributed by atoms with E-state index in [1.165, 1.54) is 12.5 Å². The minimum atomic E-state index is -1.07. The average molecular weight is 262 g/mol. The standard InChI is InChI=1S/C11H10N2O3.C3H8/c1-7-6-10(14)13(12-7)9-5-3-2-4-8(9)11(15)16;1-3-2/h2-5H,6H2,1H3,(H,15,16);3H2,1-2H3. The number of hydrogen-bond acceptors (Lipinski definition) is 3. The minimum Gasteiger partial charge on any atom is -0.478 e. The second-order valence-electron chi connectivity index (χ2n) is 4.25. The zero-order chi connectivity index (χ0) is 14.4. The molecule has 0 fully saturated rings. The second kappa shape index (κ2) is 6.68. The summed E-state index contributed by atoms with van der Waals surface area (Å²) in [5.41, 5.74) is 1.08. The normalized spacial score (nSPS) is 13.7. The molecule has 0 saturated heterocycles. The molecule has 1 aliphatic heterocycles. The van der Waals surface area contributed by atoms with E-state index in [1.807, 2.05) is 0 Å². The highest BCUT2D eigenvalue weighted by Crippen LogP contribution is 2.24. The van der Waals surface area contributed by atoms with Gasteiger partial charge in [0.1, 0.15) is 0 Å². The summed E-state index contributed by atoms with van der Waals surface area (Å²) in [5, 5.41) is 14.2. The fourth-order valence-electron chi connectivity index (χ4n) is 1.58. The quantitative estimate of drug-likeness (QED) is 0.890. The number of hydrazone groups is 1. The fraction of sp³-hybridized carbons (Fsp3) is 0.357. The molecule has 0 aromatic heterocycles. The van der Waals surface area contributed by atoms with Gasteiger partial charge in [-0.2, -0.15) is 10.1 Å². The number of rotatable bonds is 2. The van der Waals surface area contributed by atoms with Crippen LogP contribution in [0.4, 0.5) is 5.69 Å². The molecule has 102 valence electrons. The molecule has 1 N–H and O–H groups in total. The van der Waals surface area contributed by atoms with E-state index in [4.69, 9.17) is 5.11 Å². The average Bonchev–Trinajstić information content (AvgIpc) is 2.69. The summed E-state index contributed by atoms with van der Waals surface area (Å²) in [5.74, 6) is -1.27. The number of anilines is 1.